The van der Waals surface area contributed by atoms with Gasteiger partial charge in [0, 0.05) is 24.5 Å². The number of hydrogen-bond acceptors (Lipinski definition) is 5. The van der Waals surface area contributed by atoms with Crippen LogP contribution in [0.3, 0.4) is 0 Å². The highest BCUT2D eigenvalue weighted by molar-refractivity contribution is 7.13. The van der Waals surface area contributed by atoms with Gasteiger partial charge in [0.25, 0.3) is 0 Å². The van der Waals surface area contributed by atoms with E-state index in [0.29, 0.717) is 17.9 Å². The third-order valence-electron chi connectivity index (χ3n) is 4.74. The molecule has 29 heavy (non-hydrogen) atoms. The van der Waals surface area contributed by atoms with Gasteiger partial charge < -0.3 is 14.4 Å². The summed E-state index contributed by atoms with van der Waals surface area (Å²) < 4.78 is 10.6. The molecule has 0 saturated heterocycles. The number of ether oxygens (including phenoxy) is 2. The summed E-state index contributed by atoms with van der Waals surface area (Å²) in [6.07, 6.45) is 2.23. The molecule has 2 aromatic carbocycles. The second-order valence-corrected chi connectivity index (χ2v) is 7.65. The maximum Gasteiger partial charge on any atom is 0.228 e. The molecule has 0 radical (unpaired) electrons. The largest absolute Gasteiger partial charge is 0.493 e. The molecule has 0 bridgehead atoms. The number of aryl methyl sites for hydroxylation is 1. The van der Waals surface area contributed by atoms with Crippen molar-refractivity contribution in [3.63, 3.8) is 0 Å². The van der Waals surface area contributed by atoms with Gasteiger partial charge in [0.2, 0.25) is 5.91 Å². The molecule has 0 atom stereocenters. The number of carbonyl (C=O) groups is 1. The van der Waals surface area contributed by atoms with Crippen LogP contribution in [0.15, 0.2) is 53.9 Å². The Bertz CT molecular complexity index is 940. The van der Waals surface area contributed by atoms with Crippen molar-refractivity contribution >= 4 is 17.2 Å². The van der Waals surface area contributed by atoms with E-state index in [9.17, 15) is 4.79 Å². The quantitative estimate of drug-likeness (QED) is 0.523. The molecule has 0 spiro atoms. The van der Waals surface area contributed by atoms with Gasteiger partial charge >= 0.3 is 0 Å². The monoisotopic (exact) mass is 410 g/mol. The number of thiazole rings is 1. The van der Waals surface area contributed by atoms with Crippen LogP contribution < -0.4 is 9.47 Å². The fourth-order valence-electron chi connectivity index (χ4n) is 3.07. The number of carbonyl (C=O) groups excluding carboxylic acids is 1. The van der Waals surface area contributed by atoms with Crippen molar-refractivity contribution in [3.8, 4) is 22.1 Å². The lowest BCUT2D eigenvalue weighted by Gasteiger charge is -2.16. The molecule has 1 amide bonds. The molecule has 1 aromatic heterocycles. The van der Waals surface area contributed by atoms with Gasteiger partial charge in [-0.15, -0.1) is 11.3 Å². The molecule has 0 fully saturated rings. The van der Waals surface area contributed by atoms with Crippen LogP contribution >= 0.6 is 11.3 Å². The summed E-state index contributed by atoms with van der Waals surface area (Å²) in [6.45, 7) is 0.737. The fraction of sp³-hybridized carbons (Fsp3) is 0.304. The SMILES string of the molecule is COc1ccc(-c2nc(CC(=O)N(C)CCCc3ccccc3)cs2)cc1OC. The first kappa shape index (κ1) is 20.9. The predicted octanol–water partition coefficient (Wildman–Crippen LogP) is 4.46. The first-order chi connectivity index (χ1) is 14.1. The molecule has 0 N–H and O–H groups in total. The summed E-state index contributed by atoms with van der Waals surface area (Å²) in [5.74, 6) is 1.43. The fourth-order valence-corrected chi connectivity index (χ4v) is 3.89. The molecule has 6 heteroatoms. The van der Waals surface area contributed by atoms with E-state index < -0.39 is 0 Å². The van der Waals surface area contributed by atoms with Crippen LogP contribution in [0.1, 0.15) is 17.7 Å². The van der Waals surface area contributed by atoms with Gasteiger partial charge in [-0.3, -0.25) is 4.79 Å². The van der Waals surface area contributed by atoms with E-state index in [2.05, 4.69) is 17.1 Å². The van der Waals surface area contributed by atoms with E-state index in [1.54, 1.807) is 19.1 Å². The van der Waals surface area contributed by atoms with Crippen molar-refractivity contribution in [1.82, 2.24) is 9.88 Å². The Balaban J connectivity index is 1.55. The minimum atomic E-state index is 0.0854. The van der Waals surface area contributed by atoms with Gasteiger partial charge in [-0.1, -0.05) is 30.3 Å². The van der Waals surface area contributed by atoms with E-state index in [4.69, 9.17) is 9.47 Å². The van der Waals surface area contributed by atoms with Gasteiger partial charge in [-0.25, -0.2) is 4.98 Å². The highest BCUT2D eigenvalue weighted by atomic mass is 32.1. The molecule has 0 aliphatic heterocycles. The van der Waals surface area contributed by atoms with Crippen LogP contribution in [0.2, 0.25) is 0 Å². The number of hydrogen-bond donors (Lipinski definition) is 0. The average Bonchev–Trinajstić information content (AvgIpc) is 3.22. The highest BCUT2D eigenvalue weighted by Crippen LogP contribution is 2.33. The number of rotatable bonds is 9. The molecular weight excluding hydrogens is 384 g/mol. The van der Waals surface area contributed by atoms with Crippen molar-refractivity contribution in [2.75, 3.05) is 27.8 Å². The van der Waals surface area contributed by atoms with Crippen LogP contribution in [0.4, 0.5) is 0 Å². The van der Waals surface area contributed by atoms with Crippen LogP contribution in [-0.4, -0.2) is 43.6 Å². The summed E-state index contributed by atoms with van der Waals surface area (Å²) in [7, 11) is 5.08. The minimum absolute atomic E-state index is 0.0854. The number of likely N-dealkylation sites (N-methyl/N-ethyl adjacent to an activating group) is 1. The normalized spacial score (nSPS) is 10.6. The molecule has 0 unspecified atom stereocenters. The predicted molar refractivity (Wildman–Crippen MR) is 117 cm³/mol. The summed E-state index contributed by atoms with van der Waals surface area (Å²) in [5, 5.41) is 2.81. The van der Waals surface area contributed by atoms with Crippen molar-refractivity contribution < 1.29 is 14.3 Å². The Kier molecular flexibility index (Phi) is 7.25. The van der Waals surface area contributed by atoms with Gasteiger partial charge in [0.05, 0.1) is 26.3 Å². The Morgan fingerprint density at radius 1 is 1.07 bits per heavy atom. The lowest BCUT2D eigenvalue weighted by atomic mass is 10.1. The average molecular weight is 411 g/mol. The van der Waals surface area contributed by atoms with Gasteiger partial charge in [-0.05, 0) is 36.6 Å². The summed E-state index contributed by atoms with van der Waals surface area (Å²) >= 11 is 1.53. The Morgan fingerprint density at radius 3 is 2.55 bits per heavy atom. The van der Waals surface area contributed by atoms with Crippen LogP contribution in [-0.2, 0) is 17.6 Å². The third kappa shape index (κ3) is 5.57. The van der Waals surface area contributed by atoms with Crippen molar-refractivity contribution in [3.05, 3.63) is 65.2 Å². The standard InChI is InChI=1S/C23H26N2O3S/c1-25(13-7-10-17-8-5-4-6-9-17)22(26)15-19-16-29-23(24-19)18-11-12-20(27-2)21(14-18)28-3/h4-6,8-9,11-12,14,16H,7,10,13,15H2,1-3H3. The number of aromatic nitrogens is 1. The summed E-state index contributed by atoms with van der Waals surface area (Å²) in [4.78, 5) is 19.0. The molecular formula is C23H26N2O3S. The summed E-state index contributed by atoms with van der Waals surface area (Å²) in [5.41, 5.74) is 3.04. The third-order valence-corrected chi connectivity index (χ3v) is 5.68. The number of nitrogens with zero attached hydrogens (tertiary/aromatic N) is 2. The molecule has 3 aromatic rings. The zero-order valence-corrected chi connectivity index (χ0v) is 17.9. The van der Waals surface area contributed by atoms with Crippen LogP contribution in [0, 0.1) is 0 Å². The van der Waals surface area contributed by atoms with Crippen LogP contribution in [0.25, 0.3) is 10.6 Å². The molecule has 152 valence electrons. The van der Waals surface area contributed by atoms with Crippen molar-refractivity contribution in [1.29, 1.82) is 0 Å². The van der Waals surface area contributed by atoms with Crippen molar-refractivity contribution in [2.24, 2.45) is 0 Å². The minimum Gasteiger partial charge on any atom is -0.493 e. The van der Waals surface area contributed by atoms with E-state index >= 15 is 0 Å². The number of methoxy groups -OCH3 is 2. The summed E-state index contributed by atoms with van der Waals surface area (Å²) in [6, 6.07) is 16.1. The maximum absolute atomic E-state index is 12.5. The first-order valence-electron chi connectivity index (χ1n) is 9.55. The van der Waals surface area contributed by atoms with Gasteiger partial charge in [-0.2, -0.15) is 0 Å². The number of amides is 1. The maximum atomic E-state index is 12.5. The Labute approximate surface area is 175 Å². The molecule has 0 saturated carbocycles. The topological polar surface area (TPSA) is 51.7 Å². The molecule has 0 aliphatic rings. The Hall–Kier alpha value is -2.86. The second-order valence-electron chi connectivity index (χ2n) is 6.79. The molecule has 1 heterocycles. The van der Waals surface area contributed by atoms with E-state index in [1.165, 1.54) is 16.9 Å². The molecule has 5 nitrogen and oxygen atoms in total. The molecule has 0 aliphatic carbocycles. The zero-order chi connectivity index (χ0) is 20.6. The Morgan fingerprint density at radius 2 is 1.83 bits per heavy atom. The van der Waals surface area contributed by atoms with E-state index in [0.717, 1.165) is 35.7 Å². The van der Waals surface area contributed by atoms with Gasteiger partial charge in [0.15, 0.2) is 11.5 Å². The second kappa shape index (κ2) is 10.1. The first-order valence-corrected chi connectivity index (χ1v) is 10.4. The van der Waals surface area contributed by atoms with Crippen molar-refractivity contribution in [2.45, 2.75) is 19.3 Å². The molecule has 3 rings (SSSR count). The lowest BCUT2D eigenvalue weighted by molar-refractivity contribution is -0.129. The van der Waals surface area contributed by atoms with E-state index in [-0.39, 0.29) is 5.91 Å². The van der Waals surface area contributed by atoms with Gasteiger partial charge in [0.1, 0.15) is 5.01 Å². The lowest BCUT2D eigenvalue weighted by Crippen LogP contribution is -2.29. The van der Waals surface area contributed by atoms with Crippen LogP contribution in [0.5, 0.6) is 11.5 Å². The zero-order valence-electron chi connectivity index (χ0n) is 17.1. The highest BCUT2D eigenvalue weighted by Gasteiger charge is 2.14. The van der Waals surface area contributed by atoms with E-state index in [1.807, 2.05) is 48.8 Å². The number of benzene rings is 2. The smallest absolute Gasteiger partial charge is 0.228 e.